The number of amidine groups is 2. The largest absolute Gasteiger partial charge is 0.456 e. The van der Waals surface area contributed by atoms with Gasteiger partial charge in [0.25, 0.3) is 0 Å². The van der Waals surface area contributed by atoms with Gasteiger partial charge in [0, 0.05) is 32.7 Å². The van der Waals surface area contributed by atoms with E-state index in [1.807, 2.05) is 24.3 Å². The van der Waals surface area contributed by atoms with Crippen LogP contribution in [-0.2, 0) is 0 Å². The molecular weight excluding hydrogens is 783 g/mol. The molecule has 5 nitrogen and oxygen atoms in total. The van der Waals surface area contributed by atoms with Gasteiger partial charge in [-0.3, -0.25) is 0 Å². The summed E-state index contributed by atoms with van der Waals surface area (Å²) in [5.74, 6) is 1.47. The zero-order chi connectivity index (χ0) is 42.1. The lowest BCUT2D eigenvalue weighted by molar-refractivity contribution is 0.668. The minimum absolute atomic E-state index is 0.354. The highest BCUT2D eigenvalue weighted by molar-refractivity contribution is 6.22. The van der Waals surface area contributed by atoms with Gasteiger partial charge in [-0.15, -0.1) is 0 Å². The van der Waals surface area contributed by atoms with Crippen molar-refractivity contribution in [3.05, 3.63) is 229 Å². The van der Waals surface area contributed by atoms with Crippen LogP contribution >= 0.6 is 0 Å². The van der Waals surface area contributed by atoms with Crippen LogP contribution in [0.5, 0.6) is 0 Å². The van der Waals surface area contributed by atoms with Gasteiger partial charge in [0.1, 0.15) is 34.3 Å². The second-order valence-corrected chi connectivity index (χ2v) is 16.5. The highest BCUT2D eigenvalue weighted by Gasteiger charge is 2.24. The number of nitrogens with one attached hydrogen (secondary N) is 1. The van der Waals surface area contributed by atoms with Gasteiger partial charge in [0.15, 0.2) is 5.84 Å². The number of benzene rings is 10. The molecule has 10 aromatic carbocycles. The summed E-state index contributed by atoms with van der Waals surface area (Å²) in [5, 5.41) is 12.7. The molecule has 0 saturated carbocycles. The molecule has 0 amide bonds. The molecule has 12 aromatic rings. The summed E-state index contributed by atoms with van der Waals surface area (Å²) in [4.78, 5) is 10.6. The van der Waals surface area contributed by atoms with Crippen molar-refractivity contribution in [3.8, 4) is 33.4 Å². The SMILES string of the molecule is c1ccc(-c2ccc(C3N=C(c4ccc5ccccc5c4)N=C(c4ccc(-c5cccc6oc7cc(-c8cccc9oc%10ccccc%10c89)ccc7c56)c5ccccc45)N3)cc2)cc1. The Morgan fingerprint density at radius 2 is 0.953 bits per heavy atom. The molecule has 300 valence electrons. The Bertz CT molecular complexity index is 3880. The predicted octanol–water partition coefficient (Wildman–Crippen LogP) is 15.3. The Morgan fingerprint density at radius 3 is 1.78 bits per heavy atom. The van der Waals surface area contributed by atoms with Gasteiger partial charge in [-0.1, -0.05) is 176 Å². The lowest BCUT2D eigenvalue weighted by Crippen LogP contribution is -2.33. The summed E-state index contributed by atoms with van der Waals surface area (Å²) in [6.07, 6.45) is -0.354. The molecular formula is C59H37N3O2. The van der Waals surface area contributed by atoms with Gasteiger partial charge in [-0.2, -0.15) is 0 Å². The normalized spacial score (nSPS) is 14.1. The fourth-order valence-corrected chi connectivity index (χ4v) is 9.68. The Kier molecular flexibility index (Phi) is 8.21. The highest BCUT2D eigenvalue weighted by Crippen LogP contribution is 2.43. The maximum atomic E-state index is 6.69. The van der Waals surface area contributed by atoms with Crippen molar-refractivity contribution < 1.29 is 8.83 Å². The molecule has 1 atom stereocenters. The van der Waals surface area contributed by atoms with Crippen molar-refractivity contribution in [3.63, 3.8) is 0 Å². The lowest BCUT2D eigenvalue weighted by Gasteiger charge is -2.25. The first kappa shape index (κ1) is 36.1. The fourth-order valence-electron chi connectivity index (χ4n) is 9.68. The van der Waals surface area contributed by atoms with Gasteiger partial charge in [-0.05, 0) is 96.9 Å². The van der Waals surface area contributed by atoms with Crippen LogP contribution in [0.2, 0.25) is 0 Å². The van der Waals surface area contributed by atoms with E-state index in [0.717, 1.165) is 110 Å². The minimum atomic E-state index is -0.354. The van der Waals surface area contributed by atoms with E-state index in [0.29, 0.717) is 5.84 Å². The third-order valence-corrected chi connectivity index (χ3v) is 12.8. The molecule has 0 bridgehead atoms. The van der Waals surface area contributed by atoms with E-state index in [-0.39, 0.29) is 6.17 Å². The van der Waals surface area contributed by atoms with E-state index in [1.165, 1.54) is 10.9 Å². The summed E-state index contributed by atoms with van der Waals surface area (Å²) < 4.78 is 12.9. The van der Waals surface area contributed by atoms with Crippen LogP contribution in [0, 0.1) is 0 Å². The van der Waals surface area contributed by atoms with Gasteiger partial charge in [-0.25, -0.2) is 9.98 Å². The van der Waals surface area contributed by atoms with E-state index in [4.69, 9.17) is 18.8 Å². The molecule has 64 heavy (non-hydrogen) atoms. The van der Waals surface area contributed by atoms with E-state index < -0.39 is 0 Å². The number of aliphatic imine (C=N–C) groups is 2. The molecule has 0 radical (unpaired) electrons. The quantitative estimate of drug-likeness (QED) is 0.182. The average Bonchev–Trinajstić information content (AvgIpc) is 3.94. The Morgan fingerprint density at radius 1 is 0.359 bits per heavy atom. The van der Waals surface area contributed by atoms with E-state index >= 15 is 0 Å². The van der Waals surface area contributed by atoms with Gasteiger partial charge < -0.3 is 14.2 Å². The van der Waals surface area contributed by atoms with E-state index in [1.54, 1.807) is 0 Å². The lowest BCUT2D eigenvalue weighted by atomic mass is 9.91. The Hall–Kier alpha value is -8.54. The Labute approximate surface area is 368 Å². The van der Waals surface area contributed by atoms with Crippen molar-refractivity contribution >= 4 is 77.1 Å². The van der Waals surface area contributed by atoms with Crippen molar-refractivity contribution in [2.75, 3.05) is 0 Å². The van der Waals surface area contributed by atoms with Gasteiger partial charge >= 0.3 is 0 Å². The fraction of sp³-hybridized carbons (Fsp3) is 0.0169. The zero-order valence-corrected chi connectivity index (χ0v) is 34.5. The predicted molar refractivity (Wildman–Crippen MR) is 264 cm³/mol. The smallest absolute Gasteiger partial charge is 0.159 e. The minimum Gasteiger partial charge on any atom is -0.456 e. The first-order valence-corrected chi connectivity index (χ1v) is 21.7. The second-order valence-electron chi connectivity index (χ2n) is 16.5. The van der Waals surface area contributed by atoms with Gasteiger partial charge in [0.05, 0.1) is 0 Å². The molecule has 2 aromatic heterocycles. The number of hydrogen-bond donors (Lipinski definition) is 1. The third kappa shape index (κ3) is 5.93. The molecule has 1 unspecified atom stereocenters. The summed E-state index contributed by atoms with van der Waals surface area (Å²) >= 11 is 0. The van der Waals surface area contributed by atoms with Crippen LogP contribution in [0.1, 0.15) is 22.9 Å². The summed E-state index contributed by atoms with van der Waals surface area (Å²) in [7, 11) is 0. The first-order valence-electron chi connectivity index (χ1n) is 21.7. The summed E-state index contributed by atoms with van der Waals surface area (Å²) in [6, 6.07) is 74.6. The first-order chi connectivity index (χ1) is 31.7. The molecule has 5 heteroatoms. The maximum Gasteiger partial charge on any atom is 0.159 e. The van der Waals surface area contributed by atoms with Crippen molar-refractivity contribution in [1.82, 2.24) is 5.32 Å². The van der Waals surface area contributed by atoms with Crippen LogP contribution in [-0.4, -0.2) is 11.7 Å². The highest BCUT2D eigenvalue weighted by atomic mass is 16.3. The number of para-hydroxylation sites is 1. The topological polar surface area (TPSA) is 63.0 Å². The number of fused-ring (bicyclic) bond motifs is 8. The molecule has 0 fully saturated rings. The van der Waals surface area contributed by atoms with E-state index in [9.17, 15) is 0 Å². The monoisotopic (exact) mass is 819 g/mol. The molecule has 0 saturated heterocycles. The van der Waals surface area contributed by atoms with E-state index in [2.05, 4.69) is 193 Å². The standard InChI is InChI=1S/C59H37N3O2/c1-2-12-36(13-3-1)38-24-27-39(28-25-38)57-60-58(42-29-26-37-14-4-5-15-40(37)34-42)62-59(61-57)48-33-32-46(44-16-6-7-17-45(44)48)47-20-11-23-53-56(47)50-31-30-41(35-54(50)64-53)43-19-10-22-52-55(43)49-18-8-9-21-51(49)63-52/h1-35,57H,(H,60,61,62). The van der Waals surface area contributed by atoms with Gasteiger partial charge in [0.2, 0.25) is 0 Å². The molecule has 1 aliphatic rings. The summed E-state index contributed by atoms with van der Waals surface area (Å²) in [5.41, 5.74) is 13.3. The van der Waals surface area contributed by atoms with Crippen molar-refractivity contribution in [2.24, 2.45) is 9.98 Å². The van der Waals surface area contributed by atoms with Crippen LogP contribution in [0.4, 0.5) is 0 Å². The molecule has 1 N–H and O–H groups in total. The number of rotatable bonds is 6. The number of hydrogen-bond acceptors (Lipinski definition) is 5. The number of furan rings is 2. The molecule has 0 spiro atoms. The van der Waals surface area contributed by atoms with Crippen LogP contribution in [0.25, 0.3) is 98.8 Å². The van der Waals surface area contributed by atoms with Crippen LogP contribution in [0.15, 0.2) is 231 Å². The molecule has 1 aliphatic heterocycles. The second kappa shape index (κ2) is 14.5. The van der Waals surface area contributed by atoms with Crippen LogP contribution in [0.3, 0.4) is 0 Å². The zero-order valence-electron chi connectivity index (χ0n) is 34.5. The molecule has 3 heterocycles. The van der Waals surface area contributed by atoms with Crippen molar-refractivity contribution in [2.45, 2.75) is 6.17 Å². The summed E-state index contributed by atoms with van der Waals surface area (Å²) in [6.45, 7) is 0. The molecule has 0 aliphatic carbocycles. The number of nitrogens with zero attached hydrogens (tertiary/aromatic N) is 2. The third-order valence-electron chi connectivity index (χ3n) is 12.8. The van der Waals surface area contributed by atoms with Crippen LogP contribution < -0.4 is 5.32 Å². The molecule has 13 rings (SSSR count). The maximum absolute atomic E-state index is 6.69. The Balaban J connectivity index is 0.926. The average molecular weight is 820 g/mol. The van der Waals surface area contributed by atoms with Crippen molar-refractivity contribution in [1.29, 1.82) is 0 Å².